The maximum atomic E-state index is 12.4. The Morgan fingerprint density at radius 3 is 3.05 bits per heavy atom. The van der Waals surface area contributed by atoms with Crippen molar-refractivity contribution in [2.75, 3.05) is 18.2 Å². The Morgan fingerprint density at radius 1 is 1.59 bits per heavy atom. The van der Waals surface area contributed by atoms with E-state index >= 15 is 0 Å². The molecule has 2 aromatic rings. The molecule has 1 aliphatic heterocycles. The zero-order valence-electron chi connectivity index (χ0n) is 12.5. The Morgan fingerprint density at radius 2 is 2.41 bits per heavy atom. The number of anilines is 1. The molecule has 6 nitrogen and oxygen atoms in total. The van der Waals surface area contributed by atoms with Gasteiger partial charge in [-0.3, -0.25) is 0 Å². The van der Waals surface area contributed by atoms with E-state index in [4.69, 9.17) is 4.74 Å². The lowest BCUT2D eigenvalue weighted by atomic mass is 10.0. The number of hydrogen-bond acceptors (Lipinski definition) is 7. The lowest BCUT2D eigenvalue weighted by molar-refractivity contribution is -0.139. The van der Waals surface area contributed by atoms with Crippen molar-refractivity contribution in [3.8, 4) is 0 Å². The van der Waals surface area contributed by atoms with Gasteiger partial charge in [-0.2, -0.15) is 4.98 Å². The van der Waals surface area contributed by atoms with Gasteiger partial charge in [0, 0.05) is 10.6 Å². The highest BCUT2D eigenvalue weighted by molar-refractivity contribution is 7.98. The predicted molar refractivity (Wildman–Crippen MR) is 87.2 cm³/mol. The third-order valence-corrected chi connectivity index (χ3v) is 4.79. The molecular formula is C14H16N4O2S2. The summed E-state index contributed by atoms with van der Waals surface area (Å²) in [4.78, 5) is 17.9. The number of hydrogen-bond donors (Lipinski definition) is 1. The molecule has 0 saturated heterocycles. The maximum absolute atomic E-state index is 12.4. The largest absolute Gasteiger partial charge is 0.463 e. The molecule has 22 heavy (non-hydrogen) atoms. The quantitative estimate of drug-likeness (QED) is 0.684. The van der Waals surface area contributed by atoms with E-state index in [0.29, 0.717) is 23.3 Å². The van der Waals surface area contributed by atoms with Crippen LogP contribution in [0.25, 0.3) is 0 Å². The van der Waals surface area contributed by atoms with E-state index in [1.807, 2.05) is 30.7 Å². The topological polar surface area (TPSA) is 69.0 Å². The summed E-state index contributed by atoms with van der Waals surface area (Å²) in [6.07, 6.45) is 1.92. The molecule has 0 saturated carbocycles. The van der Waals surface area contributed by atoms with Crippen LogP contribution in [0.5, 0.6) is 0 Å². The molecule has 0 fully saturated rings. The van der Waals surface area contributed by atoms with Crippen LogP contribution in [-0.2, 0) is 9.53 Å². The minimum Gasteiger partial charge on any atom is -0.463 e. The predicted octanol–water partition coefficient (Wildman–Crippen LogP) is 2.91. The summed E-state index contributed by atoms with van der Waals surface area (Å²) in [5.41, 5.74) is 1.33. The number of rotatable bonds is 4. The van der Waals surface area contributed by atoms with E-state index in [2.05, 4.69) is 15.4 Å². The Balaban J connectivity index is 2.13. The van der Waals surface area contributed by atoms with Crippen LogP contribution in [0.1, 0.15) is 24.8 Å². The second-order valence-corrected chi connectivity index (χ2v) is 6.42. The summed E-state index contributed by atoms with van der Waals surface area (Å²) in [6.45, 7) is 4.01. The summed E-state index contributed by atoms with van der Waals surface area (Å²) in [5.74, 6) is 0.325. The maximum Gasteiger partial charge on any atom is 0.338 e. The Labute approximate surface area is 136 Å². The highest BCUT2D eigenvalue weighted by Crippen LogP contribution is 2.38. The van der Waals surface area contributed by atoms with E-state index in [1.54, 1.807) is 22.9 Å². The number of aromatic nitrogens is 3. The molecule has 1 unspecified atom stereocenters. The molecule has 1 atom stereocenters. The number of thioether (sulfide) groups is 1. The molecule has 1 N–H and O–H groups in total. The Bertz CT molecular complexity index is 721. The van der Waals surface area contributed by atoms with E-state index < -0.39 is 0 Å². The molecule has 0 bridgehead atoms. The van der Waals surface area contributed by atoms with Gasteiger partial charge in [-0.15, -0.1) is 16.4 Å². The van der Waals surface area contributed by atoms with Gasteiger partial charge in [0.2, 0.25) is 11.1 Å². The average Bonchev–Trinajstić information content (AvgIpc) is 3.14. The van der Waals surface area contributed by atoms with Crippen LogP contribution in [0, 0.1) is 0 Å². The zero-order valence-corrected chi connectivity index (χ0v) is 14.1. The molecular weight excluding hydrogens is 320 g/mol. The van der Waals surface area contributed by atoms with Gasteiger partial charge in [-0.05, 0) is 31.5 Å². The van der Waals surface area contributed by atoms with Gasteiger partial charge in [0.05, 0.1) is 12.2 Å². The van der Waals surface area contributed by atoms with Crippen LogP contribution >= 0.6 is 23.1 Å². The SMILES string of the molecule is CCOC(=O)C1=C(C)Nc2nc(SC)nn2C1c1cccs1. The molecule has 2 aromatic heterocycles. The molecule has 0 amide bonds. The van der Waals surface area contributed by atoms with Gasteiger partial charge in [0.1, 0.15) is 6.04 Å². The fourth-order valence-corrected chi connectivity index (χ4v) is 3.57. The van der Waals surface area contributed by atoms with Crippen LogP contribution < -0.4 is 5.32 Å². The second kappa shape index (κ2) is 6.13. The lowest BCUT2D eigenvalue weighted by Gasteiger charge is -2.26. The van der Waals surface area contributed by atoms with Gasteiger partial charge < -0.3 is 10.1 Å². The van der Waals surface area contributed by atoms with Crippen molar-refractivity contribution in [1.29, 1.82) is 0 Å². The highest BCUT2D eigenvalue weighted by atomic mass is 32.2. The van der Waals surface area contributed by atoms with Crippen LogP contribution in [0.3, 0.4) is 0 Å². The van der Waals surface area contributed by atoms with Gasteiger partial charge >= 0.3 is 5.97 Å². The van der Waals surface area contributed by atoms with E-state index in [-0.39, 0.29) is 12.0 Å². The molecule has 3 rings (SSSR count). The smallest absolute Gasteiger partial charge is 0.338 e. The van der Waals surface area contributed by atoms with E-state index in [1.165, 1.54) is 11.8 Å². The molecule has 0 aromatic carbocycles. The number of nitrogens with zero attached hydrogens (tertiary/aromatic N) is 3. The minimum atomic E-state index is -0.322. The van der Waals surface area contributed by atoms with Crippen molar-refractivity contribution in [1.82, 2.24) is 14.8 Å². The van der Waals surface area contributed by atoms with E-state index in [9.17, 15) is 4.79 Å². The molecule has 3 heterocycles. The highest BCUT2D eigenvalue weighted by Gasteiger charge is 2.35. The third-order valence-electron chi connectivity index (χ3n) is 3.32. The fourth-order valence-electron chi connectivity index (χ4n) is 2.40. The number of ether oxygens (including phenoxy) is 1. The van der Waals surface area contributed by atoms with Gasteiger partial charge in [-0.25, -0.2) is 9.48 Å². The standard InChI is InChI=1S/C14H16N4O2S2/c1-4-20-12(19)10-8(2)15-13-16-14(21-3)17-18(13)11(10)9-6-5-7-22-9/h5-7,11H,4H2,1-3H3,(H,15,16,17). The average molecular weight is 336 g/mol. The van der Waals surface area contributed by atoms with E-state index in [0.717, 1.165) is 10.6 Å². The second-order valence-electron chi connectivity index (χ2n) is 4.67. The Kier molecular flexibility index (Phi) is 4.21. The summed E-state index contributed by atoms with van der Waals surface area (Å²) >= 11 is 3.05. The first-order valence-corrected chi connectivity index (χ1v) is 8.95. The first-order chi connectivity index (χ1) is 10.7. The normalized spacial score (nSPS) is 17.1. The number of esters is 1. The summed E-state index contributed by atoms with van der Waals surface area (Å²) in [6, 6.07) is 3.66. The van der Waals surface area contributed by atoms with Crippen molar-refractivity contribution in [3.63, 3.8) is 0 Å². The van der Waals surface area contributed by atoms with Crippen LogP contribution in [0.15, 0.2) is 33.9 Å². The summed E-state index contributed by atoms with van der Waals surface area (Å²) < 4.78 is 6.99. The number of carbonyl (C=O) groups is 1. The first-order valence-electron chi connectivity index (χ1n) is 6.84. The van der Waals surface area contributed by atoms with Crippen molar-refractivity contribution >= 4 is 35.0 Å². The van der Waals surface area contributed by atoms with Crippen LogP contribution in [0.4, 0.5) is 5.95 Å². The third kappa shape index (κ3) is 2.52. The molecule has 0 aliphatic carbocycles. The number of carbonyl (C=O) groups excluding carboxylic acids is 1. The number of thiophene rings is 1. The number of nitrogens with one attached hydrogen (secondary N) is 1. The minimum absolute atomic E-state index is 0.302. The summed E-state index contributed by atoms with van der Waals surface area (Å²) in [5, 5.41) is 10.3. The van der Waals surface area contributed by atoms with Crippen LogP contribution in [-0.4, -0.2) is 33.6 Å². The molecule has 8 heteroatoms. The number of allylic oxidation sites excluding steroid dienone is 1. The first kappa shape index (κ1) is 15.1. The van der Waals surface area contributed by atoms with Crippen molar-refractivity contribution in [3.05, 3.63) is 33.7 Å². The van der Waals surface area contributed by atoms with Gasteiger partial charge in [0.25, 0.3) is 0 Å². The molecule has 116 valence electrons. The summed E-state index contributed by atoms with van der Waals surface area (Å²) in [7, 11) is 0. The molecule has 1 aliphatic rings. The van der Waals surface area contributed by atoms with Crippen molar-refractivity contribution in [2.45, 2.75) is 25.0 Å². The fraction of sp³-hybridized carbons (Fsp3) is 0.357. The molecule has 0 radical (unpaired) electrons. The monoisotopic (exact) mass is 336 g/mol. The zero-order chi connectivity index (χ0) is 15.7. The molecule has 0 spiro atoms. The van der Waals surface area contributed by atoms with Crippen LogP contribution in [0.2, 0.25) is 0 Å². The van der Waals surface area contributed by atoms with Gasteiger partial charge in [0.15, 0.2) is 0 Å². The van der Waals surface area contributed by atoms with Crippen molar-refractivity contribution < 1.29 is 9.53 Å². The number of fused-ring (bicyclic) bond motifs is 1. The van der Waals surface area contributed by atoms with Gasteiger partial charge in [-0.1, -0.05) is 17.8 Å². The Hall–Kier alpha value is -1.80. The van der Waals surface area contributed by atoms with Crippen molar-refractivity contribution in [2.24, 2.45) is 0 Å². The lowest BCUT2D eigenvalue weighted by Crippen LogP contribution is -2.29.